The minimum Gasteiger partial charge on any atom is -0.457 e. The molecule has 1 aliphatic heterocycles. The van der Waals surface area contributed by atoms with Gasteiger partial charge in [-0.15, -0.1) is 0 Å². The molecule has 10 nitrogen and oxygen atoms in total. The Labute approximate surface area is 250 Å². The van der Waals surface area contributed by atoms with E-state index in [1.54, 1.807) is 0 Å². The summed E-state index contributed by atoms with van der Waals surface area (Å²) in [6.07, 6.45) is 2.67. The number of fused-ring (bicyclic) bond motifs is 1. The summed E-state index contributed by atoms with van der Waals surface area (Å²) < 4.78 is 5.69. The van der Waals surface area contributed by atoms with Crippen LogP contribution in [0.15, 0.2) is 78.4 Å². The van der Waals surface area contributed by atoms with Crippen LogP contribution in [0.25, 0.3) is 0 Å². The van der Waals surface area contributed by atoms with E-state index in [9.17, 15) is 29.3 Å². The SMILES string of the molecule is CC1=CC[C@@H]2C(=O)N(N(CC(=O)c3ccc(Oc4ccc([N+](=O)[O-])cc4)cc3)C(=O)c3ccc(Cl)c(Cl)c3)C(=O)[C@@H]2C1. The number of hydrogen-bond donors (Lipinski definition) is 0. The van der Waals surface area contributed by atoms with Gasteiger partial charge in [-0.1, -0.05) is 34.9 Å². The molecule has 42 heavy (non-hydrogen) atoms. The van der Waals surface area contributed by atoms with Gasteiger partial charge in [-0.3, -0.25) is 29.3 Å². The summed E-state index contributed by atoms with van der Waals surface area (Å²) in [7, 11) is 0. The number of carbonyl (C=O) groups is 4. The topological polar surface area (TPSA) is 127 Å². The van der Waals surface area contributed by atoms with E-state index in [0.29, 0.717) is 24.3 Å². The van der Waals surface area contributed by atoms with Gasteiger partial charge >= 0.3 is 0 Å². The number of hydrazine groups is 1. The first-order chi connectivity index (χ1) is 20.0. The number of imide groups is 1. The summed E-state index contributed by atoms with van der Waals surface area (Å²) in [6, 6.07) is 15.6. The maximum absolute atomic E-state index is 13.7. The van der Waals surface area contributed by atoms with Crippen molar-refractivity contribution < 1.29 is 28.8 Å². The van der Waals surface area contributed by atoms with Crippen LogP contribution in [0.2, 0.25) is 10.0 Å². The monoisotopic (exact) mass is 607 g/mol. The van der Waals surface area contributed by atoms with Gasteiger partial charge < -0.3 is 4.74 Å². The number of nitro benzene ring substituents is 1. The average molecular weight is 608 g/mol. The lowest BCUT2D eigenvalue weighted by molar-refractivity contribution is -0.384. The number of nitrogens with zero attached hydrogens (tertiary/aromatic N) is 3. The Hall–Kier alpha value is -4.54. The van der Waals surface area contributed by atoms with Crippen molar-refractivity contribution in [3.8, 4) is 11.5 Å². The number of carbonyl (C=O) groups excluding carboxylic acids is 4. The predicted octanol–water partition coefficient (Wildman–Crippen LogP) is 6.28. The highest BCUT2D eigenvalue weighted by molar-refractivity contribution is 6.42. The van der Waals surface area contributed by atoms with Crippen molar-refractivity contribution in [1.82, 2.24) is 10.0 Å². The van der Waals surface area contributed by atoms with Gasteiger partial charge in [-0.05, 0) is 74.4 Å². The van der Waals surface area contributed by atoms with Crippen LogP contribution in [0, 0.1) is 22.0 Å². The third-order valence-electron chi connectivity index (χ3n) is 7.20. The molecule has 2 aliphatic rings. The molecule has 0 aromatic heterocycles. The van der Waals surface area contributed by atoms with Crippen LogP contribution >= 0.6 is 23.2 Å². The molecule has 3 aromatic rings. The van der Waals surface area contributed by atoms with Crippen molar-refractivity contribution >= 4 is 52.4 Å². The quantitative estimate of drug-likeness (QED) is 0.0969. The molecule has 1 fully saturated rings. The molecule has 1 aliphatic carbocycles. The van der Waals surface area contributed by atoms with Crippen LogP contribution in [0.1, 0.15) is 40.5 Å². The summed E-state index contributed by atoms with van der Waals surface area (Å²) in [6.45, 7) is 1.29. The highest BCUT2D eigenvalue weighted by Crippen LogP contribution is 2.39. The van der Waals surface area contributed by atoms with E-state index < -0.39 is 46.8 Å². The lowest BCUT2D eigenvalue weighted by Gasteiger charge is -2.30. The zero-order valence-corrected chi connectivity index (χ0v) is 23.7. The van der Waals surface area contributed by atoms with Gasteiger partial charge in [0.2, 0.25) is 0 Å². The number of non-ortho nitro benzene ring substituents is 1. The molecule has 0 N–H and O–H groups in total. The number of ether oxygens (including phenoxy) is 1. The third kappa shape index (κ3) is 5.77. The van der Waals surface area contributed by atoms with E-state index in [2.05, 4.69) is 0 Å². The Morgan fingerprint density at radius 2 is 1.52 bits per heavy atom. The molecule has 0 radical (unpaired) electrons. The maximum atomic E-state index is 13.7. The largest absolute Gasteiger partial charge is 0.457 e. The molecule has 0 bridgehead atoms. The Kier molecular flexibility index (Phi) is 8.11. The summed E-state index contributed by atoms with van der Waals surface area (Å²) >= 11 is 12.1. The number of rotatable bonds is 8. The summed E-state index contributed by atoms with van der Waals surface area (Å²) in [4.78, 5) is 64.3. The van der Waals surface area contributed by atoms with Crippen molar-refractivity contribution in [2.24, 2.45) is 11.8 Å². The van der Waals surface area contributed by atoms with Crippen molar-refractivity contribution in [3.05, 3.63) is 110 Å². The van der Waals surface area contributed by atoms with Gasteiger partial charge in [0, 0.05) is 23.3 Å². The minimum atomic E-state index is -0.759. The van der Waals surface area contributed by atoms with Crippen LogP contribution in [0.4, 0.5) is 5.69 Å². The average Bonchev–Trinajstić information content (AvgIpc) is 3.21. The van der Waals surface area contributed by atoms with Crippen molar-refractivity contribution in [3.63, 3.8) is 0 Å². The first-order valence-corrected chi connectivity index (χ1v) is 13.6. The van der Waals surface area contributed by atoms with Crippen LogP contribution < -0.4 is 4.74 Å². The van der Waals surface area contributed by atoms with E-state index in [1.807, 2.05) is 13.0 Å². The number of amides is 3. The first kappa shape index (κ1) is 29.0. The first-order valence-electron chi connectivity index (χ1n) is 12.9. The standard InChI is InChI=1S/C30H23Cl2N3O7/c1-17-2-12-23-24(14-17)30(39)34(29(23)38)33(28(37)19-5-13-25(31)26(32)15-19)16-27(36)18-3-8-21(9-4-18)42-22-10-6-20(7-11-22)35(40)41/h2-11,13,15,23-24H,12,14,16H2,1H3/t23-,24+/m0/s1. The molecule has 214 valence electrons. The lowest BCUT2D eigenvalue weighted by Crippen LogP contribution is -2.52. The van der Waals surface area contributed by atoms with E-state index >= 15 is 0 Å². The number of nitro groups is 1. The zero-order chi connectivity index (χ0) is 30.1. The van der Waals surface area contributed by atoms with Gasteiger partial charge in [0.15, 0.2) is 5.78 Å². The molecule has 2 atom stereocenters. The molecule has 0 spiro atoms. The number of benzene rings is 3. The number of ketones is 1. The van der Waals surface area contributed by atoms with Crippen molar-refractivity contribution in [1.29, 1.82) is 0 Å². The van der Waals surface area contributed by atoms with Gasteiger partial charge in [-0.2, -0.15) is 5.01 Å². The third-order valence-corrected chi connectivity index (χ3v) is 7.93. The summed E-state index contributed by atoms with van der Waals surface area (Å²) in [5.74, 6) is -2.88. The van der Waals surface area contributed by atoms with Crippen LogP contribution in [0.3, 0.4) is 0 Å². The van der Waals surface area contributed by atoms with E-state index in [1.165, 1.54) is 66.7 Å². The fourth-order valence-electron chi connectivity index (χ4n) is 4.98. The molecule has 3 amide bonds. The van der Waals surface area contributed by atoms with Crippen LogP contribution in [-0.4, -0.2) is 45.0 Å². The Balaban J connectivity index is 1.39. The lowest BCUT2D eigenvalue weighted by atomic mass is 9.82. The Morgan fingerprint density at radius 3 is 2.14 bits per heavy atom. The molecule has 0 saturated carbocycles. The molecule has 3 aromatic carbocycles. The van der Waals surface area contributed by atoms with Gasteiger partial charge in [-0.25, -0.2) is 5.01 Å². The Bertz CT molecular complexity index is 1640. The van der Waals surface area contributed by atoms with E-state index in [0.717, 1.165) is 15.6 Å². The second kappa shape index (κ2) is 11.8. The fourth-order valence-corrected chi connectivity index (χ4v) is 5.28. The number of hydrogen-bond acceptors (Lipinski definition) is 7. The molecule has 1 saturated heterocycles. The fraction of sp³-hybridized carbons (Fsp3) is 0.200. The number of halogens is 2. The predicted molar refractivity (Wildman–Crippen MR) is 153 cm³/mol. The van der Waals surface area contributed by atoms with Gasteiger partial charge in [0.25, 0.3) is 23.4 Å². The van der Waals surface area contributed by atoms with Crippen LogP contribution in [-0.2, 0) is 9.59 Å². The summed E-state index contributed by atoms with van der Waals surface area (Å²) in [5.41, 5.74) is 1.15. The normalized spacial score (nSPS) is 17.9. The molecule has 5 rings (SSSR count). The number of Topliss-reactive ketones (excluding diaryl/α,β-unsaturated/α-hetero) is 1. The highest BCUT2D eigenvalue weighted by atomic mass is 35.5. The molecule has 1 heterocycles. The van der Waals surface area contributed by atoms with E-state index in [4.69, 9.17) is 27.9 Å². The zero-order valence-electron chi connectivity index (χ0n) is 22.2. The maximum Gasteiger partial charge on any atom is 0.273 e. The van der Waals surface area contributed by atoms with Gasteiger partial charge in [0.05, 0.1) is 26.8 Å². The van der Waals surface area contributed by atoms with E-state index in [-0.39, 0.29) is 26.9 Å². The second-order valence-corrected chi connectivity index (χ2v) is 10.8. The molecular formula is C30H23Cl2N3O7. The van der Waals surface area contributed by atoms with Crippen molar-refractivity contribution in [2.75, 3.05) is 6.54 Å². The molecular weight excluding hydrogens is 585 g/mol. The molecule has 0 unspecified atom stereocenters. The minimum absolute atomic E-state index is 0.0498. The Morgan fingerprint density at radius 1 is 0.929 bits per heavy atom. The van der Waals surface area contributed by atoms with Crippen LogP contribution in [0.5, 0.6) is 11.5 Å². The number of allylic oxidation sites excluding steroid dienone is 2. The second-order valence-electron chi connectivity index (χ2n) is 9.98. The van der Waals surface area contributed by atoms with Gasteiger partial charge in [0.1, 0.15) is 18.0 Å². The molecule has 12 heteroatoms. The highest BCUT2D eigenvalue weighted by Gasteiger charge is 2.51. The smallest absolute Gasteiger partial charge is 0.273 e. The summed E-state index contributed by atoms with van der Waals surface area (Å²) in [5, 5.41) is 12.8. The van der Waals surface area contributed by atoms with Crippen molar-refractivity contribution in [2.45, 2.75) is 19.8 Å².